The number of carbonyl (C=O) groups excluding carboxylic acids is 1. The molecule has 0 fully saturated rings. The normalized spacial score (nSPS) is 11.7. The fraction of sp³-hybridized carbons (Fsp3) is 0.500. The van der Waals surface area contributed by atoms with E-state index in [4.69, 9.17) is 23.8 Å². The zero-order chi connectivity index (χ0) is 17.2. The zero-order valence-corrected chi connectivity index (χ0v) is 15.0. The molecular formula is C16H23ClFN3OS. The number of carbonyl (C=O) groups is 1. The van der Waals surface area contributed by atoms with Crippen molar-refractivity contribution >= 4 is 34.8 Å². The summed E-state index contributed by atoms with van der Waals surface area (Å²) in [5.41, 5.74) is 4.77. The first-order valence-corrected chi connectivity index (χ1v) is 8.51. The lowest BCUT2D eigenvalue weighted by atomic mass is 10.0. The minimum absolute atomic E-state index is 0.138. The molecule has 3 N–H and O–H groups in total. The maximum absolute atomic E-state index is 13.6. The molecule has 0 saturated carbocycles. The largest absolute Gasteiger partial charge is 0.361 e. The Balaban J connectivity index is 2.32. The fourth-order valence-corrected chi connectivity index (χ4v) is 2.31. The molecule has 1 amide bonds. The van der Waals surface area contributed by atoms with Crippen LogP contribution in [0.5, 0.6) is 0 Å². The average molecular weight is 360 g/mol. The second-order valence-electron chi connectivity index (χ2n) is 5.51. The number of nitrogens with one attached hydrogen (secondary N) is 3. The van der Waals surface area contributed by atoms with Gasteiger partial charge in [-0.3, -0.25) is 15.6 Å². The summed E-state index contributed by atoms with van der Waals surface area (Å²) in [5.74, 6) is -0.787. The van der Waals surface area contributed by atoms with Crippen LogP contribution < -0.4 is 16.2 Å². The van der Waals surface area contributed by atoms with E-state index in [2.05, 4.69) is 30.0 Å². The fourth-order valence-electron chi connectivity index (χ4n) is 2.01. The van der Waals surface area contributed by atoms with Crippen molar-refractivity contribution in [2.75, 3.05) is 6.54 Å². The Morgan fingerprint density at radius 1 is 1.35 bits per heavy atom. The summed E-state index contributed by atoms with van der Waals surface area (Å²) in [6, 6.07) is 3.79. The topological polar surface area (TPSA) is 53.2 Å². The molecule has 4 nitrogen and oxygen atoms in total. The Morgan fingerprint density at radius 3 is 2.78 bits per heavy atom. The Kier molecular flexibility index (Phi) is 8.87. The average Bonchev–Trinajstić information content (AvgIpc) is 2.53. The lowest BCUT2D eigenvalue weighted by Gasteiger charge is -2.15. The number of thiocarbonyl (C=S) groups is 1. The number of unbranched alkanes of at least 4 members (excludes halogenated alkanes) is 2. The van der Waals surface area contributed by atoms with Gasteiger partial charge in [-0.2, -0.15) is 0 Å². The minimum atomic E-state index is -0.642. The third-order valence-corrected chi connectivity index (χ3v) is 3.86. The van der Waals surface area contributed by atoms with Gasteiger partial charge >= 0.3 is 0 Å². The van der Waals surface area contributed by atoms with Crippen LogP contribution in [0.2, 0.25) is 5.02 Å². The molecule has 0 unspecified atom stereocenters. The third kappa shape index (κ3) is 7.61. The molecule has 1 rings (SSSR count). The molecule has 23 heavy (non-hydrogen) atoms. The first kappa shape index (κ1) is 19.6. The van der Waals surface area contributed by atoms with Gasteiger partial charge in [-0.1, -0.05) is 44.7 Å². The van der Waals surface area contributed by atoms with Crippen molar-refractivity contribution in [3.63, 3.8) is 0 Å². The van der Waals surface area contributed by atoms with Gasteiger partial charge in [0.2, 0.25) is 0 Å². The van der Waals surface area contributed by atoms with E-state index in [0.717, 1.165) is 19.0 Å². The standard InChI is InChI=1S/C16H23ClFN3OS/c1-3-4-5-6-11(2)10-19-16(23)21-20-15(22)13-9-12(17)7-8-14(13)18/h7-9,11H,3-6,10H2,1-2H3,(H,20,22)(H2,19,21,23)/t11-/m1/s1. The number of amides is 1. The molecule has 0 aliphatic heterocycles. The lowest BCUT2D eigenvalue weighted by molar-refractivity contribution is 0.0939. The molecule has 0 aliphatic carbocycles. The molecule has 0 bridgehead atoms. The van der Waals surface area contributed by atoms with Crippen molar-refractivity contribution in [1.29, 1.82) is 0 Å². The van der Waals surface area contributed by atoms with E-state index in [1.807, 2.05) is 0 Å². The third-order valence-electron chi connectivity index (χ3n) is 3.37. The van der Waals surface area contributed by atoms with E-state index in [9.17, 15) is 9.18 Å². The Bertz CT molecular complexity index is 542. The highest BCUT2D eigenvalue weighted by atomic mass is 35.5. The molecule has 128 valence electrons. The summed E-state index contributed by atoms with van der Waals surface area (Å²) in [5, 5.41) is 3.61. The molecule has 0 radical (unpaired) electrons. The van der Waals surface area contributed by atoms with E-state index in [1.54, 1.807) is 0 Å². The monoisotopic (exact) mass is 359 g/mol. The Morgan fingerprint density at radius 2 is 2.09 bits per heavy atom. The van der Waals surface area contributed by atoms with Crippen molar-refractivity contribution in [3.05, 3.63) is 34.6 Å². The predicted molar refractivity (Wildman–Crippen MR) is 95.9 cm³/mol. The van der Waals surface area contributed by atoms with Crippen molar-refractivity contribution in [2.24, 2.45) is 5.92 Å². The molecule has 0 aliphatic rings. The quantitative estimate of drug-likeness (QED) is 0.394. The highest BCUT2D eigenvalue weighted by molar-refractivity contribution is 7.80. The summed E-state index contributed by atoms with van der Waals surface area (Å²) in [7, 11) is 0. The number of benzene rings is 1. The summed E-state index contributed by atoms with van der Waals surface area (Å²) < 4.78 is 13.6. The van der Waals surface area contributed by atoms with Crippen LogP contribution in [-0.4, -0.2) is 17.6 Å². The predicted octanol–water partition coefficient (Wildman–Crippen LogP) is 3.80. The number of halogens is 2. The van der Waals surface area contributed by atoms with E-state index in [1.165, 1.54) is 31.4 Å². The number of hydrogen-bond acceptors (Lipinski definition) is 2. The molecule has 0 spiro atoms. The van der Waals surface area contributed by atoms with Gasteiger partial charge in [0.15, 0.2) is 5.11 Å². The van der Waals surface area contributed by atoms with E-state index >= 15 is 0 Å². The van der Waals surface area contributed by atoms with Crippen molar-refractivity contribution in [2.45, 2.75) is 39.5 Å². The second-order valence-corrected chi connectivity index (χ2v) is 6.36. The lowest BCUT2D eigenvalue weighted by Crippen LogP contribution is -2.47. The first-order valence-electron chi connectivity index (χ1n) is 7.73. The van der Waals surface area contributed by atoms with Crippen molar-refractivity contribution in [1.82, 2.24) is 16.2 Å². The van der Waals surface area contributed by atoms with Crippen LogP contribution in [0.4, 0.5) is 4.39 Å². The molecule has 0 saturated heterocycles. The van der Waals surface area contributed by atoms with Gasteiger partial charge in [-0.05, 0) is 42.8 Å². The van der Waals surface area contributed by atoms with Crippen LogP contribution in [-0.2, 0) is 0 Å². The zero-order valence-electron chi connectivity index (χ0n) is 13.4. The summed E-state index contributed by atoms with van der Waals surface area (Å²) in [6.07, 6.45) is 4.76. The van der Waals surface area contributed by atoms with Gasteiger partial charge in [-0.25, -0.2) is 4.39 Å². The van der Waals surface area contributed by atoms with Crippen LogP contribution in [0.25, 0.3) is 0 Å². The number of hydrogen-bond donors (Lipinski definition) is 3. The molecule has 1 aromatic carbocycles. The van der Waals surface area contributed by atoms with Crippen molar-refractivity contribution in [3.8, 4) is 0 Å². The van der Waals surface area contributed by atoms with Gasteiger partial charge in [0.25, 0.3) is 5.91 Å². The van der Waals surface area contributed by atoms with Crippen LogP contribution in [0.15, 0.2) is 18.2 Å². The summed E-state index contributed by atoms with van der Waals surface area (Å²) >= 11 is 10.8. The van der Waals surface area contributed by atoms with Crippen LogP contribution in [0.1, 0.15) is 49.9 Å². The second kappa shape index (κ2) is 10.4. The Hall–Kier alpha value is -1.40. The van der Waals surface area contributed by atoms with Crippen LogP contribution >= 0.6 is 23.8 Å². The maximum Gasteiger partial charge on any atom is 0.272 e. The van der Waals surface area contributed by atoms with Gasteiger partial charge in [-0.15, -0.1) is 0 Å². The molecule has 1 atom stereocenters. The molecule has 7 heteroatoms. The summed E-state index contributed by atoms with van der Waals surface area (Å²) in [6.45, 7) is 5.04. The summed E-state index contributed by atoms with van der Waals surface area (Å²) in [4.78, 5) is 11.9. The van der Waals surface area contributed by atoms with Crippen LogP contribution in [0, 0.1) is 11.7 Å². The SMILES string of the molecule is CCCCC[C@@H](C)CNC(=S)NNC(=O)c1cc(Cl)ccc1F. The van der Waals surface area contributed by atoms with Gasteiger partial charge in [0, 0.05) is 11.6 Å². The molecule has 1 aromatic rings. The van der Waals surface area contributed by atoms with Crippen LogP contribution in [0.3, 0.4) is 0 Å². The van der Waals surface area contributed by atoms with Crippen molar-refractivity contribution < 1.29 is 9.18 Å². The molecule has 0 heterocycles. The Labute approximate surface area is 147 Å². The number of rotatable bonds is 7. The van der Waals surface area contributed by atoms with Gasteiger partial charge in [0.1, 0.15) is 5.82 Å². The maximum atomic E-state index is 13.6. The highest BCUT2D eigenvalue weighted by Crippen LogP contribution is 2.14. The van der Waals surface area contributed by atoms with E-state index in [0.29, 0.717) is 11.0 Å². The van der Waals surface area contributed by atoms with Gasteiger partial charge in [0.05, 0.1) is 5.56 Å². The molecule has 0 aromatic heterocycles. The number of hydrazine groups is 1. The van der Waals surface area contributed by atoms with E-state index < -0.39 is 11.7 Å². The van der Waals surface area contributed by atoms with Gasteiger partial charge < -0.3 is 5.32 Å². The highest BCUT2D eigenvalue weighted by Gasteiger charge is 2.12. The molecular weight excluding hydrogens is 337 g/mol. The smallest absolute Gasteiger partial charge is 0.272 e. The first-order chi connectivity index (χ1) is 10.9. The minimum Gasteiger partial charge on any atom is -0.361 e. The van der Waals surface area contributed by atoms with E-state index in [-0.39, 0.29) is 10.6 Å².